The van der Waals surface area contributed by atoms with Crippen molar-refractivity contribution in [3.8, 4) is 0 Å². The number of likely N-dealkylation sites (tertiary alicyclic amines) is 1. The average molecular weight is 342 g/mol. The predicted octanol–water partition coefficient (Wildman–Crippen LogP) is 0.709. The quantitative estimate of drug-likeness (QED) is 0.889. The van der Waals surface area contributed by atoms with Crippen molar-refractivity contribution in [2.75, 3.05) is 20.1 Å². The number of hydrogen-bond donors (Lipinski definition) is 1. The summed E-state index contributed by atoms with van der Waals surface area (Å²) in [6, 6.07) is 0.118. The molecule has 2 aliphatic rings. The van der Waals surface area contributed by atoms with Gasteiger partial charge in [-0.15, -0.1) is 0 Å². The summed E-state index contributed by atoms with van der Waals surface area (Å²) in [5.41, 5.74) is 3.59. The molecule has 0 spiro atoms. The summed E-state index contributed by atoms with van der Waals surface area (Å²) in [7, 11) is 4.11. The van der Waals surface area contributed by atoms with Crippen LogP contribution in [0.15, 0.2) is 18.9 Å². The molecule has 2 aromatic rings. The van der Waals surface area contributed by atoms with Gasteiger partial charge in [0.2, 0.25) is 5.91 Å². The fraction of sp³-hybridized carbons (Fsp3) is 0.611. The minimum absolute atomic E-state index is 0.0678. The molecule has 2 aromatic heterocycles. The Labute approximate surface area is 148 Å². The molecule has 1 N–H and O–H groups in total. The smallest absolute Gasteiger partial charge is 0.240 e. The van der Waals surface area contributed by atoms with Crippen molar-refractivity contribution in [1.29, 1.82) is 0 Å². The summed E-state index contributed by atoms with van der Waals surface area (Å²) in [5.74, 6) is 0.344. The second-order valence-electron chi connectivity index (χ2n) is 7.40. The number of carbonyl (C=O) groups is 1. The van der Waals surface area contributed by atoms with Gasteiger partial charge in [-0.2, -0.15) is 0 Å². The molecule has 0 bridgehead atoms. The van der Waals surface area contributed by atoms with Gasteiger partial charge in [0.1, 0.15) is 6.54 Å². The first-order valence-electron chi connectivity index (χ1n) is 9.09. The van der Waals surface area contributed by atoms with Crippen LogP contribution in [0.2, 0.25) is 0 Å². The van der Waals surface area contributed by atoms with Crippen LogP contribution in [0.4, 0.5) is 0 Å². The van der Waals surface area contributed by atoms with Crippen LogP contribution in [-0.2, 0) is 31.2 Å². The number of rotatable bonds is 4. The number of fused-ring (bicyclic) bond motifs is 1. The van der Waals surface area contributed by atoms with Crippen molar-refractivity contribution in [2.45, 2.75) is 44.2 Å². The number of nitrogens with zero attached hydrogens (tertiary/aromatic N) is 5. The van der Waals surface area contributed by atoms with Gasteiger partial charge in [0.15, 0.2) is 0 Å². The van der Waals surface area contributed by atoms with Crippen molar-refractivity contribution in [2.24, 2.45) is 7.05 Å². The van der Waals surface area contributed by atoms with E-state index in [0.717, 1.165) is 25.9 Å². The maximum atomic E-state index is 12.7. The standard InChI is InChI=1S/C18H26N6O/c1-22-8-13(17-7-19-11-23(17)2)15(9-22)21-18(25)10-24-12-20-14-5-3-4-6-16(14)24/h7,11-13,15H,3-6,8-10H2,1-2H3,(H,21,25)/t13-,15-/m1/s1. The van der Waals surface area contributed by atoms with Gasteiger partial charge >= 0.3 is 0 Å². The van der Waals surface area contributed by atoms with Crippen LogP contribution in [0, 0.1) is 0 Å². The van der Waals surface area contributed by atoms with Crippen LogP contribution < -0.4 is 5.32 Å². The van der Waals surface area contributed by atoms with Crippen molar-refractivity contribution in [3.63, 3.8) is 0 Å². The summed E-state index contributed by atoms with van der Waals surface area (Å²) in [6.45, 7) is 2.16. The summed E-state index contributed by atoms with van der Waals surface area (Å²) in [6.07, 6.45) is 10.0. The zero-order valence-corrected chi connectivity index (χ0v) is 15.0. The van der Waals surface area contributed by atoms with E-state index < -0.39 is 0 Å². The molecule has 134 valence electrons. The second kappa shape index (κ2) is 6.63. The largest absolute Gasteiger partial charge is 0.350 e. The van der Waals surface area contributed by atoms with Crippen molar-refractivity contribution in [3.05, 3.63) is 35.9 Å². The Morgan fingerprint density at radius 1 is 1.24 bits per heavy atom. The summed E-state index contributed by atoms with van der Waals surface area (Å²) in [5, 5.41) is 3.25. The number of likely N-dealkylation sites (N-methyl/N-ethyl adjacent to an activating group) is 1. The number of carbonyl (C=O) groups excluding carboxylic acids is 1. The molecule has 25 heavy (non-hydrogen) atoms. The molecule has 1 fully saturated rings. The van der Waals surface area contributed by atoms with E-state index in [1.807, 2.05) is 30.5 Å². The zero-order chi connectivity index (χ0) is 17.4. The van der Waals surface area contributed by atoms with Crippen LogP contribution in [0.3, 0.4) is 0 Å². The topological polar surface area (TPSA) is 68.0 Å². The average Bonchev–Trinajstić information content (AvgIpc) is 3.27. The maximum Gasteiger partial charge on any atom is 0.240 e. The molecule has 1 saturated heterocycles. The Kier molecular flexibility index (Phi) is 4.33. The van der Waals surface area contributed by atoms with E-state index in [0.29, 0.717) is 6.54 Å². The van der Waals surface area contributed by atoms with E-state index >= 15 is 0 Å². The van der Waals surface area contributed by atoms with Crippen LogP contribution in [0.5, 0.6) is 0 Å². The van der Waals surface area contributed by atoms with E-state index in [1.165, 1.54) is 29.9 Å². The second-order valence-corrected chi connectivity index (χ2v) is 7.40. The van der Waals surface area contributed by atoms with Gasteiger partial charge in [-0.05, 0) is 32.7 Å². The highest BCUT2D eigenvalue weighted by molar-refractivity contribution is 5.76. The molecule has 0 unspecified atom stereocenters. The van der Waals surface area contributed by atoms with E-state index in [4.69, 9.17) is 0 Å². The normalized spacial score (nSPS) is 23.6. The molecule has 7 nitrogen and oxygen atoms in total. The van der Waals surface area contributed by atoms with E-state index in [2.05, 4.69) is 31.8 Å². The van der Waals surface area contributed by atoms with Crippen LogP contribution in [-0.4, -0.2) is 56.1 Å². The fourth-order valence-corrected chi connectivity index (χ4v) is 4.25. The molecular weight excluding hydrogens is 316 g/mol. The number of aryl methyl sites for hydroxylation is 2. The third-order valence-corrected chi connectivity index (χ3v) is 5.51. The third-order valence-electron chi connectivity index (χ3n) is 5.51. The van der Waals surface area contributed by atoms with E-state index in [1.54, 1.807) is 0 Å². The lowest BCUT2D eigenvalue weighted by molar-refractivity contribution is -0.122. The fourth-order valence-electron chi connectivity index (χ4n) is 4.25. The van der Waals surface area contributed by atoms with E-state index in [-0.39, 0.29) is 17.9 Å². The van der Waals surface area contributed by atoms with Crippen LogP contribution >= 0.6 is 0 Å². The van der Waals surface area contributed by atoms with Gasteiger partial charge in [-0.25, -0.2) is 9.97 Å². The van der Waals surface area contributed by atoms with Crippen molar-refractivity contribution in [1.82, 2.24) is 29.3 Å². The molecule has 3 heterocycles. The summed E-state index contributed by atoms with van der Waals surface area (Å²) in [4.78, 5) is 23.6. The molecule has 0 saturated carbocycles. The lowest BCUT2D eigenvalue weighted by Gasteiger charge is -2.21. The lowest BCUT2D eigenvalue weighted by atomic mass is 10.00. The van der Waals surface area contributed by atoms with Gasteiger partial charge in [0.25, 0.3) is 0 Å². The Balaban J connectivity index is 1.45. The Morgan fingerprint density at radius 3 is 2.88 bits per heavy atom. The Morgan fingerprint density at radius 2 is 2.08 bits per heavy atom. The minimum Gasteiger partial charge on any atom is -0.350 e. The molecule has 1 aliphatic heterocycles. The molecule has 0 aromatic carbocycles. The third kappa shape index (κ3) is 3.20. The highest BCUT2D eigenvalue weighted by Gasteiger charge is 2.34. The van der Waals surface area contributed by atoms with Gasteiger partial charge in [0.05, 0.1) is 24.4 Å². The molecular formula is C18H26N6O. The number of nitrogens with one attached hydrogen (secondary N) is 1. The number of aromatic nitrogens is 4. The van der Waals surface area contributed by atoms with Gasteiger partial charge in [0, 0.05) is 43.6 Å². The maximum absolute atomic E-state index is 12.7. The SMILES string of the molecule is CN1C[C@@H](NC(=O)Cn2cnc3c2CCCC3)[C@H](c2cncn2C)C1. The molecule has 4 rings (SSSR count). The first-order chi connectivity index (χ1) is 12.1. The molecule has 2 atom stereocenters. The summed E-state index contributed by atoms with van der Waals surface area (Å²) < 4.78 is 4.08. The zero-order valence-electron chi connectivity index (χ0n) is 15.0. The van der Waals surface area contributed by atoms with Crippen molar-refractivity contribution < 1.29 is 4.79 Å². The molecule has 1 amide bonds. The van der Waals surface area contributed by atoms with Gasteiger partial charge in [-0.3, -0.25) is 4.79 Å². The number of hydrogen-bond acceptors (Lipinski definition) is 4. The summed E-state index contributed by atoms with van der Waals surface area (Å²) >= 11 is 0. The Hall–Kier alpha value is -2.15. The molecule has 7 heteroatoms. The Bertz CT molecular complexity index is 763. The van der Waals surface area contributed by atoms with Crippen molar-refractivity contribution >= 4 is 5.91 Å². The first kappa shape index (κ1) is 16.3. The van der Waals surface area contributed by atoms with Crippen LogP contribution in [0.1, 0.15) is 35.8 Å². The van der Waals surface area contributed by atoms with E-state index in [9.17, 15) is 4.79 Å². The lowest BCUT2D eigenvalue weighted by Crippen LogP contribution is -2.41. The molecule has 1 aliphatic carbocycles. The molecule has 0 radical (unpaired) electrons. The van der Waals surface area contributed by atoms with Gasteiger partial charge < -0.3 is 19.4 Å². The van der Waals surface area contributed by atoms with Gasteiger partial charge in [-0.1, -0.05) is 0 Å². The van der Waals surface area contributed by atoms with Crippen LogP contribution in [0.25, 0.3) is 0 Å². The highest BCUT2D eigenvalue weighted by Crippen LogP contribution is 2.26. The minimum atomic E-state index is 0.0678. The predicted molar refractivity (Wildman–Crippen MR) is 94.2 cm³/mol. The number of amides is 1. The first-order valence-corrected chi connectivity index (χ1v) is 9.09. The monoisotopic (exact) mass is 342 g/mol. The number of imidazole rings is 2. The highest BCUT2D eigenvalue weighted by atomic mass is 16.2.